The van der Waals surface area contributed by atoms with Crippen LogP contribution in [-0.4, -0.2) is 44.9 Å². The minimum absolute atomic E-state index is 0.0638. The number of amides is 1. The van der Waals surface area contributed by atoms with E-state index in [1.165, 1.54) is 0 Å². The number of benzene rings is 1. The van der Waals surface area contributed by atoms with Crippen LogP contribution in [-0.2, 0) is 6.42 Å². The van der Waals surface area contributed by atoms with Crippen molar-refractivity contribution in [2.45, 2.75) is 32.8 Å². The molecule has 1 aromatic carbocycles. The first-order valence-electron chi connectivity index (χ1n) is 8.31. The lowest BCUT2D eigenvalue weighted by Crippen LogP contribution is -2.46. The van der Waals surface area contributed by atoms with Crippen molar-refractivity contribution in [2.24, 2.45) is 5.92 Å². The monoisotopic (exact) mass is 347 g/mol. The summed E-state index contributed by atoms with van der Waals surface area (Å²) in [6.07, 6.45) is 2.65. The summed E-state index contributed by atoms with van der Waals surface area (Å²) in [7, 11) is 0. The molecule has 0 saturated carbocycles. The molecule has 1 saturated heterocycles. The van der Waals surface area contributed by atoms with Gasteiger partial charge in [0.15, 0.2) is 0 Å². The smallest absolute Gasteiger partial charge is 0.257 e. The number of halogens is 1. The molecule has 24 heavy (non-hydrogen) atoms. The number of aliphatic hydroxyl groups excluding tert-OH is 1. The van der Waals surface area contributed by atoms with Gasteiger partial charge in [-0.05, 0) is 37.0 Å². The van der Waals surface area contributed by atoms with Crippen LogP contribution in [0.15, 0.2) is 30.5 Å². The SMILES string of the molecule is CCc1c(C(=O)N2CCC(C)C(O)C2)cnn1-c1cccc(Cl)c1. The first-order valence-corrected chi connectivity index (χ1v) is 8.69. The van der Waals surface area contributed by atoms with Crippen molar-refractivity contribution in [3.63, 3.8) is 0 Å². The maximum Gasteiger partial charge on any atom is 0.257 e. The summed E-state index contributed by atoms with van der Waals surface area (Å²) < 4.78 is 1.77. The average molecular weight is 348 g/mol. The molecule has 2 aromatic rings. The molecule has 5 nitrogen and oxygen atoms in total. The molecule has 1 amide bonds. The van der Waals surface area contributed by atoms with Crippen LogP contribution < -0.4 is 0 Å². The molecule has 0 bridgehead atoms. The molecule has 1 aliphatic heterocycles. The van der Waals surface area contributed by atoms with Gasteiger partial charge in [-0.3, -0.25) is 4.79 Å². The molecule has 6 heteroatoms. The Bertz CT molecular complexity index is 744. The van der Waals surface area contributed by atoms with E-state index in [2.05, 4.69) is 5.10 Å². The van der Waals surface area contributed by atoms with Crippen LogP contribution in [0.25, 0.3) is 5.69 Å². The number of nitrogens with zero attached hydrogens (tertiary/aromatic N) is 3. The van der Waals surface area contributed by atoms with Gasteiger partial charge >= 0.3 is 0 Å². The summed E-state index contributed by atoms with van der Waals surface area (Å²) in [5, 5.41) is 15.1. The second-order valence-electron chi connectivity index (χ2n) is 6.33. The first kappa shape index (κ1) is 17.0. The molecular weight excluding hydrogens is 326 g/mol. The average Bonchev–Trinajstić information content (AvgIpc) is 3.00. The zero-order chi connectivity index (χ0) is 17.3. The largest absolute Gasteiger partial charge is 0.391 e. The number of piperidine rings is 1. The molecule has 128 valence electrons. The van der Waals surface area contributed by atoms with Crippen molar-refractivity contribution in [3.05, 3.63) is 46.7 Å². The highest BCUT2D eigenvalue weighted by molar-refractivity contribution is 6.30. The number of hydrogen-bond acceptors (Lipinski definition) is 3. The van der Waals surface area contributed by atoms with Gasteiger partial charge in [0.2, 0.25) is 0 Å². The molecule has 2 atom stereocenters. The van der Waals surface area contributed by atoms with Crippen molar-refractivity contribution in [1.82, 2.24) is 14.7 Å². The molecule has 2 unspecified atom stereocenters. The lowest BCUT2D eigenvalue weighted by atomic mass is 9.95. The summed E-state index contributed by atoms with van der Waals surface area (Å²) in [6.45, 7) is 5.07. The third kappa shape index (κ3) is 3.19. The Morgan fingerprint density at radius 1 is 1.46 bits per heavy atom. The Morgan fingerprint density at radius 3 is 2.92 bits per heavy atom. The minimum atomic E-state index is -0.462. The maximum atomic E-state index is 12.9. The highest BCUT2D eigenvalue weighted by atomic mass is 35.5. The standard InChI is InChI=1S/C18H22ClN3O2/c1-3-16-15(18(24)21-8-7-12(2)17(23)11-21)10-20-22(16)14-6-4-5-13(19)9-14/h4-6,9-10,12,17,23H,3,7-8,11H2,1-2H3. The third-order valence-electron chi connectivity index (χ3n) is 4.69. The van der Waals surface area contributed by atoms with E-state index in [4.69, 9.17) is 11.6 Å². The van der Waals surface area contributed by atoms with Gasteiger partial charge in [-0.15, -0.1) is 0 Å². The first-order chi connectivity index (χ1) is 11.5. The second kappa shape index (κ2) is 6.95. The van der Waals surface area contributed by atoms with E-state index in [9.17, 15) is 9.90 Å². The topological polar surface area (TPSA) is 58.4 Å². The molecule has 1 N–H and O–H groups in total. The Morgan fingerprint density at radius 2 is 2.25 bits per heavy atom. The lowest BCUT2D eigenvalue weighted by molar-refractivity contribution is 0.0248. The maximum absolute atomic E-state index is 12.9. The van der Waals surface area contributed by atoms with Gasteiger partial charge in [0, 0.05) is 18.1 Å². The van der Waals surface area contributed by atoms with Crippen molar-refractivity contribution in [1.29, 1.82) is 0 Å². The van der Waals surface area contributed by atoms with Crippen LogP contribution in [0.2, 0.25) is 5.02 Å². The number of likely N-dealkylation sites (tertiary alicyclic amines) is 1. The molecule has 3 rings (SSSR count). The Hall–Kier alpha value is -1.85. The summed E-state index contributed by atoms with van der Waals surface area (Å²) in [5.41, 5.74) is 2.29. The number of carbonyl (C=O) groups excluding carboxylic acids is 1. The van der Waals surface area contributed by atoms with Crippen molar-refractivity contribution in [2.75, 3.05) is 13.1 Å². The fourth-order valence-corrected chi connectivity index (χ4v) is 3.31. The van der Waals surface area contributed by atoms with Gasteiger partial charge in [-0.1, -0.05) is 31.5 Å². The van der Waals surface area contributed by atoms with Crippen LogP contribution >= 0.6 is 11.6 Å². The predicted molar refractivity (Wildman–Crippen MR) is 93.6 cm³/mol. The van der Waals surface area contributed by atoms with Gasteiger partial charge in [0.05, 0.1) is 29.2 Å². The normalized spacial score (nSPS) is 21.1. The van der Waals surface area contributed by atoms with E-state index in [-0.39, 0.29) is 11.8 Å². The molecule has 1 aromatic heterocycles. The number of aromatic nitrogens is 2. The van der Waals surface area contributed by atoms with E-state index >= 15 is 0 Å². The number of hydrogen-bond donors (Lipinski definition) is 1. The van der Waals surface area contributed by atoms with E-state index < -0.39 is 6.10 Å². The summed E-state index contributed by atoms with van der Waals surface area (Å²) in [4.78, 5) is 14.6. The number of rotatable bonds is 3. The molecular formula is C18H22ClN3O2. The van der Waals surface area contributed by atoms with Gasteiger partial charge in [-0.25, -0.2) is 4.68 Å². The summed E-state index contributed by atoms with van der Waals surface area (Å²) in [6, 6.07) is 7.41. The zero-order valence-electron chi connectivity index (χ0n) is 13.9. The quantitative estimate of drug-likeness (QED) is 0.928. The Labute approximate surface area is 146 Å². The van der Waals surface area contributed by atoms with E-state index in [0.29, 0.717) is 30.1 Å². The lowest BCUT2D eigenvalue weighted by Gasteiger charge is -2.34. The molecule has 0 radical (unpaired) electrons. The van der Waals surface area contributed by atoms with Crippen molar-refractivity contribution >= 4 is 17.5 Å². The Kier molecular flexibility index (Phi) is 4.92. The molecule has 0 aliphatic carbocycles. The zero-order valence-corrected chi connectivity index (χ0v) is 14.7. The van der Waals surface area contributed by atoms with E-state index in [1.807, 2.05) is 38.1 Å². The van der Waals surface area contributed by atoms with Gasteiger partial charge in [0.25, 0.3) is 5.91 Å². The second-order valence-corrected chi connectivity index (χ2v) is 6.77. The molecule has 2 heterocycles. The van der Waals surface area contributed by atoms with Gasteiger partial charge in [0.1, 0.15) is 0 Å². The van der Waals surface area contributed by atoms with Crippen molar-refractivity contribution in [3.8, 4) is 5.69 Å². The summed E-state index contributed by atoms with van der Waals surface area (Å²) in [5.74, 6) is 0.167. The predicted octanol–water partition coefficient (Wildman–Crippen LogP) is 2.93. The van der Waals surface area contributed by atoms with E-state index in [1.54, 1.807) is 15.8 Å². The Balaban J connectivity index is 1.90. The van der Waals surface area contributed by atoms with Crippen LogP contribution in [0.3, 0.4) is 0 Å². The van der Waals surface area contributed by atoms with Crippen LogP contribution in [0.5, 0.6) is 0 Å². The molecule has 1 fully saturated rings. The number of aliphatic hydroxyl groups is 1. The third-order valence-corrected chi connectivity index (χ3v) is 4.93. The minimum Gasteiger partial charge on any atom is -0.391 e. The van der Waals surface area contributed by atoms with Crippen LogP contribution in [0, 0.1) is 5.92 Å². The van der Waals surface area contributed by atoms with Crippen LogP contribution in [0.4, 0.5) is 0 Å². The number of β-amino-alcohol motifs (C(OH)–C–C–N with tert-alkyl or cyclic N) is 1. The summed E-state index contributed by atoms with van der Waals surface area (Å²) >= 11 is 6.07. The van der Waals surface area contributed by atoms with Gasteiger partial charge < -0.3 is 10.0 Å². The fourth-order valence-electron chi connectivity index (χ4n) is 3.13. The number of carbonyl (C=O) groups is 1. The highest BCUT2D eigenvalue weighted by Crippen LogP contribution is 2.23. The molecule has 0 spiro atoms. The molecule has 1 aliphatic rings. The van der Waals surface area contributed by atoms with E-state index in [0.717, 1.165) is 17.8 Å². The highest BCUT2D eigenvalue weighted by Gasteiger charge is 2.30. The fraction of sp³-hybridized carbons (Fsp3) is 0.444. The van der Waals surface area contributed by atoms with Gasteiger partial charge in [-0.2, -0.15) is 5.10 Å². The van der Waals surface area contributed by atoms with Crippen molar-refractivity contribution < 1.29 is 9.90 Å². The van der Waals surface area contributed by atoms with Crippen LogP contribution in [0.1, 0.15) is 36.3 Å².